The van der Waals surface area contributed by atoms with Gasteiger partial charge in [0, 0.05) is 10.9 Å². The molecule has 0 amide bonds. The maximum atomic E-state index is 12.9. The van der Waals surface area contributed by atoms with Crippen LogP contribution in [-0.4, -0.2) is 31.5 Å². The van der Waals surface area contributed by atoms with Crippen LogP contribution in [0.2, 0.25) is 5.02 Å². The van der Waals surface area contributed by atoms with Gasteiger partial charge in [-0.05, 0) is 42.0 Å². The van der Waals surface area contributed by atoms with E-state index >= 15 is 0 Å². The summed E-state index contributed by atoms with van der Waals surface area (Å²) in [4.78, 5) is 11.6. The van der Waals surface area contributed by atoms with Gasteiger partial charge in [0.1, 0.15) is 0 Å². The molecule has 8 heteroatoms. The SMILES string of the molecule is O=C(O)[C@@H]1[C@H](c2ccc3c(c2)OCO3)[C@H]1S(=O)(=O)c1ccc(Cl)cc1. The zero-order chi connectivity index (χ0) is 17.8. The molecule has 0 spiro atoms. The lowest BCUT2D eigenvalue weighted by atomic mass is 10.1. The summed E-state index contributed by atoms with van der Waals surface area (Å²) < 4.78 is 36.3. The first-order chi connectivity index (χ1) is 11.9. The summed E-state index contributed by atoms with van der Waals surface area (Å²) in [6.45, 7) is 0.0955. The minimum Gasteiger partial charge on any atom is -0.481 e. The van der Waals surface area contributed by atoms with Gasteiger partial charge in [-0.3, -0.25) is 4.79 Å². The third-order valence-corrected chi connectivity index (χ3v) is 7.01. The van der Waals surface area contributed by atoms with Crippen LogP contribution in [0.15, 0.2) is 47.4 Å². The fraction of sp³-hybridized carbons (Fsp3) is 0.235. The van der Waals surface area contributed by atoms with Crippen molar-refractivity contribution in [1.82, 2.24) is 0 Å². The molecule has 1 saturated carbocycles. The number of carbonyl (C=O) groups is 1. The van der Waals surface area contributed by atoms with Crippen molar-refractivity contribution in [1.29, 1.82) is 0 Å². The Kier molecular flexibility index (Phi) is 3.66. The largest absolute Gasteiger partial charge is 0.481 e. The molecule has 1 N–H and O–H groups in total. The topological polar surface area (TPSA) is 89.9 Å². The molecule has 130 valence electrons. The lowest BCUT2D eigenvalue weighted by molar-refractivity contribution is -0.138. The summed E-state index contributed by atoms with van der Waals surface area (Å²) in [7, 11) is -3.80. The molecule has 0 saturated heterocycles. The molecule has 1 heterocycles. The monoisotopic (exact) mass is 380 g/mol. The van der Waals surface area contributed by atoms with Gasteiger partial charge >= 0.3 is 5.97 Å². The molecule has 3 atom stereocenters. The maximum Gasteiger partial charge on any atom is 0.308 e. The maximum absolute atomic E-state index is 12.9. The second-order valence-electron chi connectivity index (χ2n) is 5.97. The van der Waals surface area contributed by atoms with E-state index < -0.39 is 32.9 Å². The van der Waals surface area contributed by atoms with Crippen molar-refractivity contribution in [2.24, 2.45) is 5.92 Å². The van der Waals surface area contributed by atoms with Crippen LogP contribution in [0.4, 0.5) is 0 Å². The Labute approximate surface area is 148 Å². The van der Waals surface area contributed by atoms with Gasteiger partial charge in [0.15, 0.2) is 21.3 Å². The van der Waals surface area contributed by atoms with Crippen molar-refractivity contribution >= 4 is 27.4 Å². The molecule has 1 fully saturated rings. The first-order valence-electron chi connectivity index (χ1n) is 7.51. The van der Waals surface area contributed by atoms with E-state index in [1.165, 1.54) is 24.3 Å². The molecule has 4 rings (SSSR count). The van der Waals surface area contributed by atoms with E-state index in [0.717, 1.165) is 0 Å². The van der Waals surface area contributed by atoms with Gasteiger partial charge in [-0.15, -0.1) is 0 Å². The van der Waals surface area contributed by atoms with E-state index in [1.54, 1.807) is 18.2 Å². The molecule has 2 aromatic rings. The van der Waals surface area contributed by atoms with Crippen LogP contribution in [0.1, 0.15) is 11.5 Å². The number of hydrogen-bond donors (Lipinski definition) is 1. The van der Waals surface area contributed by atoms with Crippen molar-refractivity contribution in [3.05, 3.63) is 53.1 Å². The molecule has 0 aromatic heterocycles. The average molecular weight is 381 g/mol. The smallest absolute Gasteiger partial charge is 0.308 e. The first kappa shape index (κ1) is 16.2. The summed E-state index contributed by atoms with van der Waals surface area (Å²) in [5.74, 6) is -1.71. The Morgan fingerprint density at radius 1 is 1.08 bits per heavy atom. The van der Waals surface area contributed by atoms with Crippen LogP contribution in [0.25, 0.3) is 0 Å². The minimum atomic E-state index is -3.80. The Hall–Kier alpha value is -2.25. The van der Waals surface area contributed by atoms with Gasteiger partial charge in [0.2, 0.25) is 6.79 Å². The highest BCUT2D eigenvalue weighted by molar-refractivity contribution is 7.92. The number of fused-ring (bicyclic) bond motifs is 1. The van der Waals surface area contributed by atoms with Crippen LogP contribution in [0.5, 0.6) is 11.5 Å². The van der Waals surface area contributed by atoms with Gasteiger partial charge in [-0.25, -0.2) is 8.42 Å². The molecule has 1 aliphatic carbocycles. The lowest BCUT2D eigenvalue weighted by Gasteiger charge is -2.05. The molecule has 25 heavy (non-hydrogen) atoms. The van der Waals surface area contributed by atoms with Crippen molar-refractivity contribution in [2.75, 3.05) is 6.79 Å². The molecule has 6 nitrogen and oxygen atoms in total. The Morgan fingerprint density at radius 2 is 1.76 bits per heavy atom. The predicted molar refractivity (Wildman–Crippen MR) is 88.9 cm³/mol. The van der Waals surface area contributed by atoms with Crippen LogP contribution in [0.3, 0.4) is 0 Å². The number of carboxylic acids is 1. The summed E-state index contributed by atoms with van der Waals surface area (Å²) in [5, 5.41) is 8.85. The Bertz CT molecular complexity index is 954. The van der Waals surface area contributed by atoms with Crippen molar-refractivity contribution < 1.29 is 27.8 Å². The molecule has 1 aliphatic heterocycles. The Morgan fingerprint density at radius 3 is 2.44 bits per heavy atom. The highest BCUT2D eigenvalue weighted by Gasteiger charge is 2.63. The van der Waals surface area contributed by atoms with E-state index in [9.17, 15) is 18.3 Å². The van der Waals surface area contributed by atoms with Crippen LogP contribution in [0, 0.1) is 5.92 Å². The standard InChI is InChI=1S/C17H13ClO6S/c18-10-2-4-11(5-3-10)25(21,22)16-14(15(16)17(19)20)9-1-6-12-13(7-9)24-8-23-12/h1-7,14-16H,8H2,(H,19,20)/t14-,15+,16+/m0/s1. The zero-order valence-electron chi connectivity index (χ0n) is 12.8. The third-order valence-electron chi connectivity index (χ3n) is 4.52. The number of sulfone groups is 1. The van der Waals surface area contributed by atoms with E-state index in [1.807, 2.05) is 0 Å². The van der Waals surface area contributed by atoms with E-state index in [2.05, 4.69) is 0 Å². The quantitative estimate of drug-likeness (QED) is 0.877. The number of benzene rings is 2. The number of aliphatic carboxylic acids is 1. The average Bonchev–Trinajstić information content (AvgIpc) is 3.18. The van der Waals surface area contributed by atoms with E-state index in [-0.39, 0.29) is 11.7 Å². The molecule has 0 radical (unpaired) electrons. The van der Waals surface area contributed by atoms with Crippen LogP contribution in [-0.2, 0) is 14.6 Å². The van der Waals surface area contributed by atoms with E-state index in [0.29, 0.717) is 22.1 Å². The lowest BCUT2D eigenvalue weighted by Crippen LogP contribution is -2.13. The summed E-state index contributed by atoms with van der Waals surface area (Å²) >= 11 is 5.80. The molecule has 0 bridgehead atoms. The first-order valence-corrected chi connectivity index (χ1v) is 9.44. The van der Waals surface area contributed by atoms with Crippen molar-refractivity contribution in [2.45, 2.75) is 16.1 Å². The van der Waals surface area contributed by atoms with Gasteiger partial charge in [0.25, 0.3) is 0 Å². The van der Waals surface area contributed by atoms with Crippen LogP contribution >= 0.6 is 11.6 Å². The number of carboxylic acid groups (broad SMARTS) is 1. The minimum absolute atomic E-state index is 0.0661. The highest BCUT2D eigenvalue weighted by Crippen LogP contribution is 2.55. The van der Waals surface area contributed by atoms with Crippen molar-refractivity contribution in [3.63, 3.8) is 0 Å². The number of halogens is 1. The van der Waals surface area contributed by atoms with Crippen molar-refractivity contribution in [3.8, 4) is 11.5 Å². The van der Waals surface area contributed by atoms with Gasteiger partial charge in [-0.2, -0.15) is 0 Å². The fourth-order valence-corrected chi connectivity index (χ4v) is 5.51. The molecular formula is C17H13ClO6S. The third kappa shape index (κ3) is 2.63. The normalized spacial score (nSPS) is 24.1. The molecule has 2 aliphatic rings. The van der Waals surface area contributed by atoms with Crippen LogP contribution < -0.4 is 9.47 Å². The molecular weight excluding hydrogens is 368 g/mol. The van der Waals surface area contributed by atoms with Gasteiger partial charge in [0.05, 0.1) is 16.1 Å². The number of ether oxygens (including phenoxy) is 2. The summed E-state index contributed by atoms with van der Waals surface area (Å²) in [6, 6.07) is 10.7. The summed E-state index contributed by atoms with van der Waals surface area (Å²) in [5.41, 5.74) is 0.610. The number of hydrogen-bond acceptors (Lipinski definition) is 5. The molecule has 0 unspecified atom stereocenters. The Balaban J connectivity index is 1.71. The fourth-order valence-electron chi connectivity index (χ4n) is 3.26. The van der Waals surface area contributed by atoms with Gasteiger partial charge < -0.3 is 14.6 Å². The molecule has 2 aromatic carbocycles. The van der Waals surface area contributed by atoms with E-state index in [4.69, 9.17) is 21.1 Å². The van der Waals surface area contributed by atoms with Gasteiger partial charge in [-0.1, -0.05) is 17.7 Å². The zero-order valence-corrected chi connectivity index (χ0v) is 14.3. The number of rotatable bonds is 4. The summed E-state index contributed by atoms with van der Waals surface area (Å²) in [6.07, 6.45) is 0. The predicted octanol–water partition coefficient (Wildman–Crippen LogP) is 2.71. The highest BCUT2D eigenvalue weighted by atomic mass is 35.5. The second-order valence-corrected chi connectivity index (χ2v) is 8.51. The second kappa shape index (κ2) is 5.64.